The first-order chi connectivity index (χ1) is 7.24. The topological polar surface area (TPSA) is 84.3 Å². The molecule has 6 nitrogen and oxygen atoms in total. The van der Waals surface area contributed by atoms with Crippen LogP contribution in [0.3, 0.4) is 0 Å². The average molecular weight is 211 g/mol. The van der Waals surface area contributed by atoms with Crippen LogP contribution in [-0.2, 0) is 4.74 Å². The van der Waals surface area contributed by atoms with Gasteiger partial charge in [-0.15, -0.1) is 0 Å². The molecule has 0 amide bonds. The zero-order valence-electron chi connectivity index (χ0n) is 8.43. The van der Waals surface area contributed by atoms with Crippen molar-refractivity contribution >= 4 is 11.8 Å². The first-order valence-corrected chi connectivity index (χ1v) is 4.52. The molecule has 15 heavy (non-hydrogen) atoms. The van der Waals surface area contributed by atoms with Crippen LogP contribution in [0.25, 0.3) is 0 Å². The van der Waals surface area contributed by atoms with Gasteiger partial charge in [-0.1, -0.05) is 0 Å². The molecule has 1 heterocycles. The molecule has 0 fully saturated rings. The molecule has 0 aliphatic heterocycles. The lowest BCUT2D eigenvalue weighted by Gasteiger charge is -2.04. The van der Waals surface area contributed by atoms with E-state index in [1.54, 1.807) is 7.11 Å². The van der Waals surface area contributed by atoms with Crippen molar-refractivity contribution in [1.29, 1.82) is 0 Å². The summed E-state index contributed by atoms with van der Waals surface area (Å²) >= 11 is 0. The number of carboxylic acids is 1. The minimum Gasteiger partial charge on any atom is -0.476 e. The normalized spacial score (nSPS) is 9.93. The Balaban J connectivity index is 2.39. The highest BCUT2D eigenvalue weighted by atomic mass is 16.5. The molecule has 1 rings (SSSR count). The maximum atomic E-state index is 10.5. The zero-order chi connectivity index (χ0) is 11.1. The molecule has 6 heteroatoms. The van der Waals surface area contributed by atoms with Gasteiger partial charge in [-0.3, -0.25) is 0 Å². The maximum absolute atomic E-state index is 10.5. The van der Waals surface area contributed by atoms with Gasteiger partial charge in [-0.2, -0.15) is 0 Å². The Hall–Kier alpha value is -1.69. The van der Waals surface area contributed by atoms with Crippen molar-refractivity contribution in [3.63, 3.8) is 0 Å². The third-order valence-corrected chi connectivity index (χ3v) is 1.70. The van der Waals surface area contributed by atoms with E-state index in [-0.39, 0.29) is 5.69 Å². The van der Waals surface area contributed by atoms with Gasteiger partial charge in [0, 0.05) is 20.3 Å². The Morgan fingerprint density at radius 2 is 2.33 bits per heavy atom. The van der Waals surface area contributed by atoms with Crippen molar-refractivity contribution < 1.29 is 14.6 Å². The summed E-state index contributed by atoms with van der Waals surface area (Å²) in [7, 11) is 1.64. The van der Waals surface area contributed by atoms with Gasteiger partial charge in [-0.25, -0.2) is 14.8 Å². The van der Waals surface area contributed by atoms with Crippen LogP contribution in [0.5, 0.6) is 0 Å². The number of hydrogen-bond acceptors (Lipinski definition) is 5. The van der Waals surface area contributed by atoms with Crippen LogP contribution in [0, 0.1) is 0 Å². The molecule has 0 aromatic carbocycles. The van der Waals surface area contributed by atoms with Gasteiger partial charge >= 0.3 is 5.97 Å². The third kappa shape index (κ3) is 3.90. The molecular weight excluding hydrogens is 198 g/mol. The van der Waals surface area contributed by atoms with Crippen molar-refractivity contribution in [2.24, 2.45) is 0 Å². The molecule has 1 aromatic rings. The van der Waals surface area contributed by atoms with E-state index < -0.39 is 5.97 Å². The Morgan fingerprint density at radius 3 is 2.87 bits per heavy atom. The average Bonchev–Trinajstić information content (AvgIpc) is 2.25. The van der Waals surface area contributed by atoms with Crippen LogP contribution in [0.15, 0.2) is 12.4 Å². The van der Waals surface area contributed by atoms with Gasteiger partial charge in [0.15, 0.2) is 5.69 Å². The van der Waals surface area contributed by atoms with Crippen LogP contribution in [0.1, 0.15) is 16.9 Å². The van der Waals surface area contributed by atoms with Crippen molar-refractivity contribution in [1.82, 2.24) is 9.97 Å². The van der Waals surface area contributed by atoms with E-state index in [0.717, 1.165) is 13.0 Å². The Bertz CT molecular complexity index is 313. The number of carbonyl (C=O) groups is 1. The molecule has 0 saturated heterocycles. The van der Waals surface area contributed by atoms with Gasteiger partial charge in [0.1, 0.15) is 5.82 Å². The fourth-order valence-corrected chi connectivity index (χ4v) is 0.963. The number of aromatic carboxylic acids is 1. The molecule has 2 N–H and O–H groups in total. The molecular formula is C9H13N3O3. The van der Waals surface area contributed by atoms with Gasteiger partial charge in [-0.05, 0) is 6.42 Å². The van der Waals surface area contributed by atoms with E-state index in [0.29, 0.717) is 12.4 Å². The Labute approximate surface area is 87.3 Å². The van der Waals surface area contributed by atoms with Crippen LogP contribution in [0.2, 0.25) is 0 Å². The summed E-state index contributed by atoms with van der Waals surface area (Å²) in [5.74, 6) is -0.510. The van der Waals surface area contributed by atoms with Gasteiger partial charge in [0.05, 0.1) is 12.4 Å². The fourth-order valence-electron chi connectivity index (χ4n) is 0.963. The number of rotatable bonds is 6. The zero-order valence-corrected chi connectivity index (χ0v) is 8.43. The third-order valence-electron chi connectivity index (χ3n) is 1.70. The molecule has 0 aliphatic carbocycles. The largest absolute Gasteiger partial charge is 0.476 e. The highest BCUT2D eigenvalue weighted by molar-refractivity contribution is 5.84. The SMILES string of the molecule is COCCCNc1cnc(C(=O)O)cn1. The summed E-state index contributed by atoms with van der Waals surface area (Å²) in [6, 6.07) is 0. The molecule has 0 radical (unpaired) electrons. The highest BCUT2D eigenvalue weighted by Gasteiger charge is 2.03. The van der Waals surface area contributed by atoms with Gasteiger partial charge in [0.2, 0.25) is 0 Å². The smallest absolute Gasteiger partial charge is 0.356 e. The van der Waals surface area contributed by atoms with E-state index in [9.17, 15) is 4.79 Å². The van der Waals surface area contributed by atoms with Crippen LogP contribution >= 0.6 is 0 Å². The number of aromatic nitrogens is 2. The predicted octanol–water partition coefficient (Wildman–Crippen LogP) is 0.623. The minimum atomic E-state index is -1.08. The number of anilines is 1. The van der Waals surface area contributed by atoms with Crippen LogP contribution < -0.4 is 5.32 Å². The maximum Gasteiger partial charge on any atom is 0.356 e. The summed E-state index contributed by atoms with van der Waals surface area (Å²) in [6.07, 6.45) is 3.48. The number of nitrogens with one attached hydrogen (secondary N) is 1. The Kier molecular flexibility index (Phi) is 4.49. The van der Waals surface area contributed by atoms with Crippen molar-refractivity contribution in [3.05, 3.63) is 18.1 Å². The van der Waals surface area contributed by atoms with E-state index in [1.807, 2.05) is 0 Å². The number of methoxy groups -OCH3 is 1. The molecule has 0 unspecified atom stereocenters. The second kappa shape index (κ2) is 5.92. The number of ether oxygens (including phenoxy) is 1. The lowest BCUT2D eigenvalue weighted by atomic mass is 10.4. The predicted molar refractivity (Wildman–Crippen MR) is 54.0 cm³/mol. The van der Waals surface area contributed by atoms with Crippen LogP contribution in [0.4, 0.5) is 5.82 Å². The van der Waals surface area contributed by atoms with E-state index in [2.05, 4.69) is 15.3 Å². The Morgan fingerprint density at radius 1 is 1.53 bits per heavy atom. The van der Waals surface area contributed by atoms with E-state index >= 15 is 0 Å². The molecule has 1 aromatic heterocycles. The monoisotopic (exact) mass is 211 g/mol. The second-order valence-corrected chi connectivity index (χ2v) is 2.87. The minimum absolute atomic E-state index is 0.0579. The number of hydrogen-bond donors (Lipinski definition) is 2. The number of nitrogens with zero attached hydrogens (tertiary/aromatic N) is 2. The molecule has 0 saturated carbocycles. The lowest BCUT2D eigenvalue weighted by Crippen LogP contribution is -2.08. The molecule has 0 bridgehead atoms. The van der Waals surface area contributed by atoms with Crippen molar-refractivity contribution in [2.75, 3.05) is 25.6 Å². The first-order valence-electron chi connectivity index (χ1n) is 4.52. The summed E-state index contributed by atoms with van der Waals surface area (Å²) < 4.78 is 4.88. The van der Waals surface area contributed by atoms with Crippen molar-refractivity contribution in [3.8, 4) is 0 Å². The van der Waals surface area contributed by atoms with Gasteiger partial charge in [0.25, 0.3) is 0 Å². The quantitative estimate of drug-likeness (QED) is 0.671. The number of carboxylic acid groups (broad SMARTS) is 1. The first kappa shape index (κ1) is 11.4. The summed E-state index contributed by atoms with van der Waals surface area (Å²) in [6.45, 7) is 1.39. The second-order valence-electron chi connectivity index (χ2n) is 2.87. The molecule has 82 valence electrons. The summed E-state index contributed by atoms with van der Waals surface area (Å²) in [5.41, 5.74) is -0.0579. The van der Waals surface area contributed by atoms with Crippen molar-refractivity contribution in [2.45, 2.75) is 6.42 Å². The molecule has 0 spiro atoms. The summed E-state index contributed by atoms with van der Waals surface area (Å²) in [4.78, 5) is 18.1. The molecule has 0 atom stereocenters. The standard InChI is InChI=1S/C9H13N3O3/c1-15-4-2-3-10-8-6-11-7(5-12-8)9(13)14/h5-6H,2-4H2,1H3,(H,10,12)(H,13,14). The van der Waals surface area contributed by atoms with E-state index in [4.69, 9.17) is 9.84 Å². The summed E-state index contributed by atoms with van der Waals surface area (Å²) in [5, 5.41) is 11.6. The van der Waals surface area contributed by atoms with Crippen LogP contribution in [-0.4, -0.2) is 41.3 Å². The van der Waals surface area contributed by atoms with E-state index in [1.165, 1.54) is 12.4 Å². The fraction of sp³-hybridized carbons (Fsp3) is 0.444. The lowest BCUT2D eigenvalue weighted by molar-refractivity contribution is 0.0690. The molecule has 0 aliphatic rings. The highest BCUT2D eigenvalue weighted by Crippen LogP contribution is 2.00. The van der Waals surface area contributed by atoms with Gasteiger partial charge < -0.3 is 15.2 Å².